The van der Waals surface area contributed by atoms with Gasteiger partial charge in [0.1, 0.15) is 11.4 Å². The molecule has 1 aliphatic heterocycles. The zero-order chi connectivity index (χ0) is 14.4. The molecule has 1 aliphatic rings. The predicted molar refractivity (Wildman–Crippen MR) is 76.0 cm³/mol. The van der Waals surface area contributed by atoms with Gasteiger partial charge in [0.15, 0.2) is 0 Å². The Morgan fingerprint density at radius 2 is 2.10 bits per heavy atom. The maximum Gasteiger partial charge on any atom is 0.118 e. The molecule has 5 nitrogen and oxygen atoms in total. The molecule has 0 radical (unpaired) electrons. The second-order valence-electron chi connectivity index (χ2n) is 5.11. The molecule has 20 heavy (non-hydrogen) atoms. The molecule has 1 saturated heterocycles. The summed E-state index contributed by atoms with van der Waals surface area (Å²) in [5, 5.41) is 13.4. The standard InChI is InChI=1S/C15H23NO4/c1-18-13-5-3-12(4-6-13)14(17)9-16-10-15(19-2)7-8-20-11-15/h3-6,14,16-17H,7-11H2,1-2H3. The topological polar surface area (TPSA) is 60.0 Å². The minimum atomic E-state index is -0.544. The molecule has 2 N–H and O–H groups in total. The number of hydrogen-bond donors (Lipinski definition) is 2. The molecule has 1 heterocycles. The highest BCUT2D eigenvalue weighted by Gasteiger charge is 2.34. The highest BCUT2D eigenvalue weighted by Crippen LogP contribution is 2.22. The summed E-state index contributed by atoms with van der Waals surface area (Å²) in [5.74, 6) is 0.787. The van der Waals surface area contributed by atoms with E-state index in [0.29, 0.717) is 19.7 Å². The van der Waals surface area contributed by atoms with Crippen molar-refractivity contribution in [3.8, 4) is 5.75 Å². The SMILES string of the molecule is COc1ccc(C(O)CNCC2(OC)CCOC2)cc1. The molecule has 2 unspecified atom stereocenters. The highest BCUT2D eigenvalue weighted by molar-refractivity contribution is 5.28. The average molecular weight is 281 g/mol. The van der Waals surface area contributed by atoms with Crippen LogP contribution < -0.4 is 10.1 Å². The second kappa shape index (κ2) is 7.04. The van der Waals surface area contributed by atoms with Crippen LogP contribution in [0.2, 0.25) is 0 Å². The lowest BCUT2D eigenvalue weighted by atomic mass is 10.0. The normalized spacial score (nSPS) is 23.8. The molecule has 112 valence electrons. The van der Waals surface area contributed by atoms with E-state index >= 15 is 0 Å². The number of hydrogen-bond acceptors (Lipinski definition) is 5. The second-order valence-corrected chi connectivity index (χ2v) is 5.11. The van der Waals surface area contributed by atoms with Crippen LogP contribution in [0.5, 0.6) is 5.75 Å². The van der Waals surface area contributed by atoms with Crippen LogP contribution in [0, 0.1) is 0 Å². The van der Waals surface area contributed by atoms with E-state index in [0.717, 1.165) is 24.3 Å². The number of ether oxygens (including phenoxy) is 3. The van der Waals surface area contributed by atoms with Gasteiger partial charge in [0.05, 0.1) is 19.8 Å². The Labute approximate surface area is 119 Å². The van der Waals surface area contributed by atoms with E-state index in [4.69, 9.17) is 14.2 Å². The van der Waals surface area contributed by atoms with Crippen LogP contribution >= 0.6 is 0 Å². The van der Waals surface area contributed by atoms with Gasteiger partial charge < -0.3 is 24.6 Å². The fraction of sp³-hybridized carbons (Fsp3) is 0.600. The van der Waals surface area contributed by atoms with E-state index in [1.807, 2.05) is 24.3 Å². The minimum Gasteiger partial charge on any atom is -0.497 e. The number of rotatable bonds is 7. The van der Waals surface area contributed by atoms with Gasteiger partial charge in [-0.15, -0.1) is 0 Å². The van der Waals surface area contributed by atoms with Gasteiger partial charge in [0, 0.05) is 33.2 Å². The number of benzene rings is 1. The van der Waals surface area contributed by atoms with Gasteiger partial charge in [0.25, 0.3) is 0 Å². The van der Waals surface area contributed by atoms with Crippen molar-refractivity contribution in [2.45, 2.75) is 18.1 Å². The Morgan fingerprint density at radius 3 is 2.65 bits per heavy atom. The molecule has 5 heteroatoms. The summed E-state index contributed by atoms with van der Waals surface area (Å²) in [6, 6.07) is 7.44. The Hall–Kier alpha value is -1.14. The summed E-state index contributed by atoms with van der Waals surface area (Å²) in [4.78, 5) is 0. The van der Waals surface area contributed by atoms with Crippen molar-refractivity contribution in [2.24, 2.45) is 0 Å². The number of methoxy groups -OCH3 is 2. The zero-order valence-corrected chi connectivity index (χ0v) is 12.1. The molecule has 1 aromatic carbocycles. The zero-order valence-electron chi connectivity index (χ0n) is 12.1. The van der Waals surface area contributed by atoms with E-state index in [2.05, 4.69) is 5.32 Å². The van der Waals surface area contributed by atoms with E-state index in [-0.39, 0.29) is 5.60 Å². The van der Waals surface area contributed by atoms with Crippen molar-refractivity contribution in [1.82, 2.24) is 5.32 Å². The number of aliphatic hydroxyl groups excluding tert-OH is 1. The lowest BCUT2D eigenvalue weighted by Gasteiger charge is -2.26. The Morgan fingerprint density at radius 1 is 1.35 bits per heavy atom. The highest BCUT2D eigenvalue weighted by atomic mass is 16.5. The first-order chi connectivity index (χ1) is 9.69. The van der Waals surface area contributed by atoms with Crippen molar-refractivity contribution in [3.05, 3.63) is 29.8 Å². The van der Waals surface area contributed by atoms with Crippen molar-refractivity contribution in [2.75, 3.05) is 40.5 Å². The van der Waals surface area contributed by atoms with E-state index in [1.54, 1.807) is 14.2 Å². The maximum atomic E-state index is 10.1. The monoisotopic (exact) mass is 281 g/mol. The molecule has 0 amide bonds. The number of aliphatic hydroxyl groups is 1. The summed E-state index contributed by atoms with van der Waals surface area (Å²) in [5.41, 5.74) is 0.618. The molecule has 0 saturated carbocycles. The van der Waals surface area contributed by atoms with Crippen molar-refractivity contribution >= 4 is 0 Å². The van der Waals surface area contributed by atoms with Gasteiger partial charge in [-0.3, -0.25) is 0 Å². The Balaban J connectivity index is 1.80. The van der Waals surface area contributed by atoms with Crippen LogP contribution in [0.25, 0.3) is 0 Å². The maximum absolute atomic E-state index is 10.1. The summed E-state index contributed by atoms with van der Waals surface area (Å²) in [7, 11) is 3.33. The Bertz CT molecular complexity index is 401. The molecular weight excluding hydrogens is 258 g/mol. The van der Waals surface area contributed by atoms with Gasteiger partial charge in [-0.2, -0.15) is 0 Å². The van der Waals surface area contributed by atoms with Gasteiger partial charge in [0.2, 0.25) is 0 Å². The first-order valence-corrected chi connectivity index (χ1v) is 6.85. The smallest absolute Gasteiger partial charge is 0.118 e. The molecule has 0 aliphatic carbocycles. The third-order valence-corrected chi connectivity index (χ3v) is 3.79. The fourth-order valence-electron chi connectivity index (χ4n) is 2.34. The molecule has 1 aromatic rings. The van der Waals surface area contributed by atoms with Crippen molar-refractivity contribution in [3.63, 3.8) is 0 Å². The van der Waals surface area contributed by atoms with Crippen LogP contribution in [-0.2, 0) is 9.47 Å². The first kappa shape index (κ1) is 15.3. The number of nitrogens with one attached hydrogen (secondary N) is 1. The van der Waals surface area contributed by atoms with Gasteiger partial charge in [-0.25, -0.2) is 0 Å². The average Bonchev–Trinajstić information content (AvgIpc) is 2.96. The largest absolute Gasteiger partial charge is 0.497 e. The van der Waals surface area contributed by atoms with E-state index < -0.39 is 6.10 Å². The Kier molecular flexibility index (Phi) is 5.37. The van der Waals surface area contributed by atoms with Crippen LogP contribution in [0.3, 0.4) is 0 Å². The summed E-state index contributed by atoms with van der Waals surface area (Å²) in [6.07, 6.45) is 0.340. The molecule has 0 bridgehead atoms. The van der Waals surface area contributed by atoms with E-state index in [1.165, 1.54) is 0 Å². The minimum absolute atomic E-state index is 0.250. The van der Waals surface area contributed by atoms with Crippen LogP contribution in [0.4, 0.5) is 0 Å². The molecule has 0 spiro atoms. The van der Waals surface area contributed by atoms with Gasteiger partial charge in [-0.05, 0) is 17.7 Å². The molecule has 2 atom stereocenters. The van der Waals surface area contributed by atoms with Gasteiger partial charge >= 0.3 is 0 Å². The van der Waals surface area contributed by atoms with Gasteiger partial charge in [-0.1, -0.05) is 12.1 Å². The fourth-order valence-corrected chi connectivity index (χ4v) is 2.34. The summed E-state index contributed by atoms with van der Waals surface area (Å²) >= 11 is 0. The molecule has 2 rings (SSSR count). The molecule has 0 aromatic heterocycles. The predicted octanol–water partition coefficient (Wildman–Crippen LogP) is 1.12. The first-order valence-electron chi connectivity index (χ1n) is 6.85. The third kappa shape index (κ3) is 3.70. The van der Waals surface area contributed by atoms with Crippen molar-refractivity contribution in [1.29, 1.82) is 0 Å². The summed E-state index contributed by atoms with van der Waals surface area (Å²) < 4.78 is 16.0. The van der Waals surface area contributed by atoms with Crippen LogP contribution in [-0.4, -0.2) is 51.2 Å². The molecular formula is C15H23NO4. The quantitative estimate of drug-likeness (QED) is 0.784. The van der Waals surface area contributed by atoms with Crippen LogP contribution in [0.1, 0.15) is 18.1 Å². The van der Waals surface area contributed by atoms with E-state index in [9.17, 15) is 5.11 Å². The molecule has 1 fully saturated rings. The van der Waals surface area contributed by atoms with Crippen LogP contribution in [0.15, 0.2) is 24.3 Å². The lowest BCUT2D eigenvalue weighted by molar-refractivity contribution is -0.0173. The summed E-state index contributed by atoms with van der Waals surface area (Å²) in [6.45, 7) is 2.50. The third-order valence-electron chi connectivity index (χ3n) is 3.79. The lowest BCUT2D eigenvalue weighted by Crippen LogP contribution is -2.44. The van der Waals surface area contributed by atoms with Crippen molar-refractivity contribution < 1.29 is 19.3 Å².